The average molecular weight is 417 g/mol. The van der Waals surface area contributed by atoms with Crippen LogP contribution >= 0.6 is 0 Å². The zero-order valence-electron chi connectivity index (χ0n) is 16.7. The zero-order chi connectivity index (χ0) is 21.4. The van der Waals surface area contributed by atoms with Crippen molar-refractivity contribution in [3.8, 4) is 5.69 Å². The van der Waals surface area contributed by atoms with Gasteiger partial charge in [-0.25, -0.2) is 13.8 Å². The van der Waals surface area contributed by atoms with E-state index < -0.39 is 5.56 Å². The summed E-state index contributed by atoms with van der Waals surface area (Å²) in [5.41, 5.74) is 2.26. The highest BCUT2D eigenvalue weighted by Crippen LogP contribution is 2.41. The Balaban J connectivity index is 1.50. The van der Waals surface area contributed by atoms with Gasteiger partial charge in [0.05, 0.1) is 17.6 Å². The predicted molar refractivity (Wildman–Crippen MR) is 113 cm³/mol. The largest absolute Gasteiger partial charge is 0.350 e. The third kappa shape index (κ3) is 3.84. The van der Waals surface area contributed by atoms with Gasteiger partial charge in [-0.1, -0.05) is 30.3 Å². The second kappa shape index (κ2) is 7.79. The molecule has 156 valence electrons. The number of aromatic nitrogens is 4. The van der Waals surface area contributed by atoms with Crippen LogP contribution in [0.2, 0.25) is 0 Å². The van der Waals surface area contributed by atoms with Crippen LogP contribution in [0.25, 0.3) is 16.6 Å². The number of amides is 1. The number of fused-ring (bicyclic) bond motifs is 1. The molecule has 0 aliphatic heterocycles. The van der Waals surface area contributed by atoms with Crippen molar-refractivity contribution in [2.75, 3.05) is 0 Å². The third-order valence-electron chi connectivity index (χ3n) is 5.37. The molecule has 0 atom stereocenters. The summed E-state index contributed by atoms with van der Waals surface area (Å²) < 4.78 is 16.0. The molecule has 1 saturated carbocycles. The highest BCUT2D eigenvalue weighted by atomic mass is 19.1. The van der Waals surface area contributed by atoms with Crippen LogP contribution in [0.5, 0.6) is 0 Å². The number of rotatable bonds is 6. The van der Waals surface area contributed by atoms with Crippen molar-refractivity contribution < 1.29 is 9.18 Å². The Morgan fingerprint density at radius 1 is 1.10 bits per heavy atom. The summed E-state index contributed by atoms with van der Waals surface area (Å²) in [5.74, 6) is -0.409. The normalized spacial score (nSPS) is 13.5. The fourth-order valence-corrected chi connectivity index (χ4v) is 3.63. The molecule has 0 unspecified atom stereocenters. The minimum Gasteiger partial charge on any atom is -0.350 e. The van der Waals surface area contributed by atoms with E-state index in [1.165, 1.54) is 21.5 Å². The molecule has 2 aromatic heterocycles. The number of hydrogen-bond acceptors (Lipinski definition) is 4. The van der Waals surface area contributed by atoms with E-state index in [9.17, 15) is 14.0 Å². The van der Waals surface area contributed by atoms with Crippen LogP contribution in [0.15, 0.2) is 65.6 Å². The van der Waals surface area contributed by atoms with E-state index in [2.05, 4.69) is 15.5 Å². The standard InChI is InChI=1S/C23H20FN5O2/c24-17-8-10-18(11-9-17)29-22-19(13-26-29)21(16-6-7-16)27-28(23(22)31)14-20(30)25-12-15-4-2-1-3-5-15/h1-5,8-11,13,16H,6-7,12,14H2,(H,25,30). The highest BCUT2D eigenvalue weighted by molar-refractivity contribution is 5.83. The van der Waals surface area contributed by atoms with Crippen molar-refractivity contribution in [2.24, 2.45) is 0 Å². The third-order valence-corrected chi connectivity index (χ3v) is 5.37. The second-order valence-corrected chi connectivity index (χ2v) is 7.68. The lowest BCUT2D eigenvalue weighted by Crippen LogP contribution is -2.34. The van der Waals surface area contributed by atoms with Crippen LogP contribution in [0.4, 0.5) is 4.39 Å². The molecule has 0 radical (unpaired) electrons. The van der Waals surface area contributed by atoms with Gasteiger partial charge in [0.25, 0.3) is 5.56 Å². The number of halogens is 1. The van der Waals surface area contributed by atoms with Gasteiger partial charge in [-0.05, 0) is 42.7 Å². The first-order valence-electron chi connectivity index (χ1n) is 10.2. The molecule has 1 aliphatic carbocycles. The average Bonchev–Trinajstić information content (AvgIpc) is 3.53. The maximum absolute atomic E-state index is 13.4. The molecule has 7 nitrogen and oxygen atoms in total. The Bertz CT molecular complexity index is 1310. The van der Waals surface area contributed by atoms with E-state index in [4.69, 9.17) is 0 Å². The molecule has 1 amide bonds. The maximum Gasteiger partial charge on any atom is 0.293 e. The van der Waals surface area contributed by atoms with Gasteiger partial charge in [-0.2, -0.15) is 10.2 Å². The molecule has 1 fully saturated rings. The fourth-order valence-electron chi connectivity index (χ4n) is 3.63. The lowest BCUT2D eigenvalue weighted by Gasteiger charge is -2.10. The summed E-state index contributed by atoms with van der Waals surface area (Å²) in [6, 6.07) is 15.3. The monoisotopic (exact) mass is 417 g/mol. The van der Waals surface area contributed by atoms with E-state index >= 15 is 0 Å². The van der Waals surface area contributed by atoms with Gasteiger partial charge in [0.15, 0.2) is 0 Å². The summed E-state index contributed by atoms with van der Waals surface area (Å²) in [6.07, 6.45) is 3.60. The first kappa shape index (κ1) is 19.2. The predicted octanol–water partition coefficient (Wildman–Crippen LogP) is 2.92. The quantitative estimate of drug-likeness (QED) is 0.523. The number of hydrogen-bond donors (Lipinski definition) is 1. The molecule has 2 aromatic carbocycles. The zero-order valence-corrected chi connectivity index (χ0v) is 16.7. The van der Waals surface area contributed by atoms with Crippen molar-refractivity contribution >= 4 is 16.8 Å². The van der Waals surface area contributed by atoms with E-state index in [1.54, 1.807) is 18.3 Å². The van der Waals surface area contributed by atoms with E-state index in [0.717, 1.165) is 24.1 Å². The molecule has 0 bridgehead atoms. The van der Waals surface area contributed by atoms with Crippen molar-refractivity contribution in [3.63, 3.8) is 0 Å². The van der Waals surface area contributed by atoms with Gasteiger partial charge in [-0.15, -0.1) is 0 Å². The summed E-state index contributed by atoms with van der Waals surface area (Å²) in [5, 5.41) is 12.4. The second-order valence-electron chi connectivity index (χ2n) is 7.68. The Kier molecular flexibility index (Phi) is 4.82. The summed E-state index contributed by atoms with van der Waals surface area (Å²) in [7, 11) is 0. The molecule has 0 spiro atoms. The molecule has 4 aromatic rings. The van der Waals surface area contributed by atoms with Crippen LogP contribution < -0.4 is 10.9 Å². The topological polar surface area (TPSA) is 81.8 Å². The molecular formula is C23H20FN5O2. The number of benzene rings is 2. The lowest BCUT2D eigenvalue weighted by atomic mass is 10.2. The van der Waals surface area contributed by atoms with Crippen LogP contribution in [0, 0.1) is 5.82 Å². The van der Waals surface area contributed by atoms with Crippen LogP contribution in [-0.2, 0) is 17.9 Å². The van der Waals surface area contributed by atoms with E-state index in [-0.39, 0.29) is 24.2 Å². The molecule has 8 heteroatoms. The van der Waals surface area contributed by atoms with Gasteiger partial charge in [-0.3, -0.25) is 9.59 Å². The number of nitrogens with zero attached hydrogens (tertiary/aromatic N) is 4. The van der Waals surface area contributed by atoms with Gasteiger partial charge in [0, 0.05) is 17.8 Å². The molecule has 1 N–H and O–H groups in total. The number of nitrogens with one attached hydrogen (secondary N) is 1. The highest BCUT2D eigenvalue weighted by Gasteiger charge is 2.30. The van der Waals surface area contributed by atoms with Gasteiger partial charge >= 0.3 is 0 Å². The SMILES string of the molecule is O=C(Cn1nc(C2CC2)c2cnn(-c3ccc(F)cc3)c2c1=O)NCc1ccccc1. The minimum atomic E-state index is -0.406. The van der Waals surface area contributed by atoms with Crippen LogP contribution in [0.3, 0.4) is 0 Å². The Hall–Kier alpha value is -3.81. The van der Waals surface area contributed by atoms with Gasteiger partial charge in [0.2, 0.25) is 5.91 Å². The Morgan fingerprint density at radius 3 is 2.55 bits per heavy atom. The Morgan fingerprint density at radius 2 is 1.84 bits per heavy atom. The van der Waals surface area contributed by atoms with Crippen molar-refractivity contribution in [3.05, 3.63) is 88.2 Å². The molecule has 0 saturated heterocycles. The van der Waals surface area contributed by atoms with E-state index in [0.29, 0.717) is 23.1 Å². The minimum absolute atomic E-state index is 0.185. The van der Waals surface area contributed by atoms with Gasteiger partial charge < -0.3 is 5.32 Å². The van der Waals surface area contributed by atoms with Crippen molar-refractivity contribution in [1.82, 2.24) is 24.9 Å². The number of carbonyl (C=O) groups excluding carboxylic acids is 1. The molecule has 2 heterocycles. The molecular weight excluding hydrogens is 397 g/mol. The first-order chi connectivity index (χ1) is 15.1. The molecule has 5 rings (SSSR count). The van der Waals surface area contributed by atoms with Crippen LogP contribution in [-0.4, -0.2) is 25.5 Å². The summed E-state index contributed by atoms with van der Waals surface area (Å²) in [6.45, 7) is 0.190. The summed E-state index contributed by atoms with van der Waals surface area (Å²) >= 11 is 0. The lowest BCUT2D eigenvalue weighted by molar-refractivity contribution is -0.122. The maximum atomic E-state index is 13.4. The van der Waals surface area contributed by atoms with Crippen molar-refractivity contribution in [1.29, 1.82) is 0 Å². The summed E-state index contributed by atoms with van der Waals surface area (Å²) in [4.78, 5) is 25.8. The first-order valence-corrected chi connectivity index (χ1v) is 10.2. The number of carbonyl (C=O) groups is 1. The van der Waals surface area contributed by atoms with E-state index in [1.807, 2.05) is 30.3 Å². The fraction of sp³-hybridized carbons (Fsp3) is 0.217. The van der Waals surface area contributed by atoms with Crippen LogP contribution in [0.1, 0.15) is 30.0 Å². The molecule has 31 heavy (non-hydrogen) atoms. The smallest absolute Gasteiger partial charge is 0.293 e. The molecule has 1 aliphatic rings. The Labute approximate surface area is 177 Å². The van der Waals surface area contributed by atoms with Gasteiger partial charge in [0.1, 0.15) is 17.9 Å². The van der Waals surface area contributed by atoms with Crippen molar-refractivity contribution in [2.45, 2.75) is 31.8 Å².